The minimum atomic E-state index is -0.117. The molecule has 0 atom stereocenters. The molecule has 1 aliphatic rings. The summed E-state index contributed by atoms with van der Waals surface area (Å²) in [5, 5.41) is 3.57. The number of hydrogen-bond acceptors (Lipinski definition) is 3. The standard InChI is InChI=1S/C31H31ClN4O3/c1-22-26(30(37)34-16-18-35(19-17-34)31(38)33-21-23-8-4-3-5-9-23)20-29(24-12-14-25(39-2)15-13-24)36(22)28-11-7-6-10-27(28)32/h3-15,20H,16-19,21H2,1-2H3,(H,33,38). The predicted molar refractivity (Wildman–Crippen MR) is 154 cm³/mol. The Bertz CT molecular complexity index is 1460. The van der Waals surface area contributed by atoms with Crippen LogP contribution in [0.3, 0.4) is 0 Å². The Morgan fingerprint density at radius 2 is 1.51 bits per heavy atom. The zero-order valence-corrected chi connectivity index (χ0v) is 22.8. The lowest BCUT2D eigenvalue weighted by Crippen LogP contribution is -2.53. The van der Waals surface area contributed by atoms with Gasteiger partial charge in [0.25, 0.3) is 5.91 Å². The van der Waals surface area contributed by atoms with Crippen LogP contribution in [0.2, 0.25) is 5.02 Å². The van der Waals surface area contributed by atoms with Crippen LogP contribution in [0.15, 0.2) is 84.9 Å². The van der Waals surface area contributed by atoms with Crippen LogP contribution in [0.25, 0.3) is 16.9 Å². The number of carbonyl (C=O) groups excluding carboxylic acids is 2. The van der Waals surface area contributed by atoms with Crippen LogP contribution in [0.4, 0.5) is 4.79 Å². The van der Waals surface area contributed by atoms with Gasteiger partial charge < -0.3 is 24.4 Å². The highest BCUT2D eigenvalue weighted by atomic mass is 35.5. The van der Waals surface area contributed by atoms with Gasteiger partial charge in [-0.2, -0.15) is 0 Å². The Hall–Kier alpha value is -4.23. The first-order valence-corrected chi connectivity index (χ1v) is 13.3. The number of urea groups is 1. The molecule has 1 fully saturated rings. The number of nitrogens with one attached hydrogen (secondary N) is 1. The van der Waals surface area contributed by atoms with Gasteiger partial charge in [-0.25, -0.2) is 4.79 Å². The second kappa shape index (κ2) is 11.7. The first kappa shape index (κ1) is 26.4. The van der Waals surface area contributed by atoms with Crippen LogP contribution in [-0.2, 0) is 6.54 Å². The fourth-order valence-electron chi connectivity index (χ4n) is 4.91. The Labute approximate surface area is 233 Å². The quantitative estimate of drug-likeness (QED) is 0.336. The van der Waals surface area contributed by atoms with Gasteiger partial charge in [0.2, 0.25) is 0 Å². The van der Waals surface area contributed by atoms with Crippen LogP contribution in [0.5, 0.6) is 5.75 Å². The van der Waals surface area contributed by atoms with Crippen molar-refractivity contribution in [2.24, 2.45) is 0 Å². The first-order chi connectivity index (χ1) is 19.0. The number of ether oxygens (including phenoxy) is 1. The highest BCUT2D eigenvalue weighted by Gasteiger charge is 2.28. The molecule has 1 N–H and O–H groups in total. The molecule has 0 radical (unpaired) electrons. The summed E-state index contributed by atoms with van der Waals surface area (Å²) >= 11 is 6.61. The number of benzene rings is 3. The van der Waals surface area contributed by atoms with Crippen molar-refractivity contribution in [3.8, 4) is 22.7 Å². The lowest BCUT2D eigenvalue weighted by molar-refractivity contribution is 0.0664. The van der Waals surface area contributed by atoms with Crippen LogP contribution in [0.1, 0.15) is 21.6 Å². The normalized spacial score (nSPS) is 13.3. The summed E-state index contributed by atoms with van der Waals surface area (Å²) in [6.45, 7) is 4.29. The molecule has 7 nitrogen and oxygen atoms in total. The van der Waals surface area contributed by atoms with Crippen molar-refractivity contribution in [3.05, 3.63) is 107 Å². The van der Waals surface area contributed by atoms with E-state index < -0.39 is 0 Å². The summed E-state index contributed by atoms with van der Waals surface area (Å²) in [5.41, 5.74) is 5.08. The van der Waals surface area contributed by atoms with Crippen molar-refractivity contribution in [3.63, 3.8) is 0 Å². The number of para-hydroxylation sites is 1. The molecule has 200 valence electrons. The van der Waals surface area contributed by atoms with E-state index in [1.54, 1.807) is 12.0 Å². The minimum Gasteiger partial charge on any atom is -0.497 e. The largest absolute Gasteiger partial charge is 0.497 e. The van der Waals surface area contributed by atoms with Crippen molar-refractivity contribution in [1.82, 2.24) is 19.7 Å². The molecule has 0 aliphatic carbocycles. The summed E-state index contributed by atoms with van der Waals surface area (Å²) in [6, 6.07) is 27.0. The maximum absolute atomic E-state index is 13.8. The van der Waals surface area contributed by atoms with Gasteiger partial charge in [0.1, 0.15) is 5.75 Å². The molecular formula is C31H31ClN4O3. The van der Waals surface area contributed by atoms with E-state index in [9.17, 15) is 9.59 Å². The van der Waals surface area contributed by atoms with E-state index in [1.807, 2.05) is 101 Å². The number of rotatable bonds is 6. The number of hydrogen-bond donors (Lipinski definition) is 1. The van der Waals surface area contributed by atoms with Gasteiger partial charge in [-0.1, -0.05) is 54.1 Å². The summed E-state index contributed by atoms with van der Waals surface area (Å²) in [7, 11) is 1.63. The van der Waals surface area contributed by atoms with Gasteiger partial charge in [-0.05, 0) is 60.5 Å². The van der Waals surface area contributed by atoms with Crippen LogP contribution >= 0.6 is 11.6 Å². The lowest BCUT2D eigenvalue weighted by atomic mass is 10.1. The second-order valence-electron chi connectivity index (χ2n) is 9.47. The van der Waals surface area contributed by atoms with E-state index >= 15 is 0 Å². The molecule has 0 spiro atoms. The molecular weight excluding hydrogens is 512 g/mol. The number of piperazine rings is 1. The molecule has 3 amide bonds. The Kier molecular flexibility index (Phi) is 7.89. The molecule has 8 heteroatoms. The lowest BCUT2D eigenvalue weighted by Gasteiger charge is -2.34. The van der Waals surface area contributed by atoms with Gasteiger partial charge in [-0.15, -0.1) is 0 Å². The summed E-state index contributed by atoms with van der Waals surface area (Å²) < 4.78 is 7.36. The van der Waals surface area contributed by atoms with Crippen LogP contribution < -0.4 is 10.1 Å². The number of amides is 3. The summed E-state index contributed by atoms with van der Waals surface area (Å²) in [6.07, 6.45) is 0. The molecule has 4 aromatic rings. The molecule has 2 heterocycles. The van der Waals surface area contributed by atoms with Crippen LogP contribution in [0, 0.1) is 6.92 Å². The van der Waals surface area contributed by atoms with Gasteiger partial charge in [0, 0.05) is 38.4 Å². The van der Waals surface area contributed by atoms with Gasteiger partial charge >= 0.3 is 6.03 Å². The highest BCUT2D eigenvalue weighted by molar-refractivity contribution is 6.32. The predicted octanol–water partition coefficient (Wildman–Crippen LogP) is 5.78. The fraction of sp³-hybridized carbons (Fsp3) is 0.226. The monoisotopic (exact) mass is 542 g/mol. The third kappa shape index (κ3) is 5.64. The summed E-state index contributed by atoms with van der Waals surface area (Å²) in [5.74, 6) is 0.700. The molecule has 1 aromatic heterocycles. The molecule has 0 saturated carbocycles. The number of halogens is 1. The maximum Gasteiger partial charge on any atom is 0.317 e. The molecule has 0 bridgehead atoms. The smallest absolute Gasteiger partial charge is 0.317 e. The third-order valence-electron chi connectivity index (χ3n) is 7.10. The third-order valence-corrected chi connectivity index (χ3v) is 7.42. The van der Waals surface area contributed by atoms with Gasteiger partial charge in [0.05, 0.1) is 29.1 Å². The molecule has 1 aliphatic heterocycles. The first-order valence-electron chi connectivity index (χ1n) is 12.9. The molecule has 3 aromatic carbocycles. The van der Waals surface area contributed by atoms with E-state index in [0.29, 0.717) is 43.3 Å². The topological polar surface area (TPSA) is 66.8 Å². The molecule has 0 unspecified atom stereocenters. The van der Waals surface area contributed by atoms with Crippen molar-refractivity contribution in [1.29, 1.82) is 0 Å². The maximum atomic E-state index is 13.8. The Morgan fingerprint density at radius 3 is 2.18 bits per heavy atom. The zero-order chi connectivity index (χ0) is 27.4. The zero-order valence-electron chi connectivity index (χ0n) is 22.1. The van der Waals surface area contributed by atoms with Crippen molar-refractivity contribution in [2.75, 3.05) is 33.3 Å². The SMILES string of the molecule is COc1ccc(-c2cc(C(=O)N3CCN(C(=O)NCc4ccccc4)CC3)c(C)n2-c2ccccc2Cl)cc1. The second-order valence-corrected chi connectivity index (χ2v) is 9.87. The Balaban J connectivity index is 1.35. The number of carbonyl (C=O) groups is 2. The minimum absolute atomic E-state index is 0.0580. The Morgan fingerprint density at radius 1 is 0.872 bits per heavy atom. The highest BCUT2D eigenvalue weighted by Crippen LogP contribution is 2.34. The fourth-order valence-corrected chi connectivity index (χ4v) is 5.13. The van der Waals surface area contributed by atoms with Crippen molar-refractivity contribution >= 4 is 23.5 Å². The summed E-state index contributed by atoms with van der Waals surface area (Å²) in [4.78, 5) is 30.0. The number of nitrogens with zero attached hydrogens (tertiary/aromatic N) is 3. The average molecular weight is 543 g/mol. The van der Waals surface area contributed by atoms with Crippen LogP contribution in [-0.4, -0.2) is 59.6 Å². The molecule has 5 rings (SSSR count). The van der Waals surface area contributed by atoms with E-state index in [4.69, 9.17) is 16.3 Å². The van der Waals surface area contributed by atoms with Crippen molar-refractivity contribution in [2.45, 2.75) is 13.5 Å². The van der Waals surface area contributed by atoms with E-state index in [-0.39, 0.29) is 11.9 Å². The number of methoxy groups -OCH3 is 1. The van der Waals surface area contributed by atoms with E-state index in [0.717, 1.165) is 34.0 Å². The molecule has 1 saturated heterocycles. The van der Waals surface area contributed by atoms with E-state index in [2.05, 4.69) is 5.32 Å². The average Bonchev–Trinajstić information content (AvgIpc) is 3.33. The molecule has 39 heavy (non-hydrogen) atoms. The van der Waals surface area contributed by atoms with Gasteiger partial charge in [-0.3, -0.25) is 4.79 Å². The van der Waals surface area contributed by atoms with E-state index in [1.165, 1.54) is 0 Å². The number of aromatic nitrogens is 1. The van der Waals surface area contributed by atoms with Crippen molar-refractivity contribution < 1.29 is 14.3 Å². The van der Waals surface area contributed by atoms with Gasteiger partial charge in [0.15, 0.2) is 0 Å².